The molecular weight excluding hydrogens is 352 g/mol. The summed E-state index contributed by atoms with van der Waals surface area (Å²) in [7, 11) is 1.65. The molecule has 0 aromatic heterocycles. The van der Waals surface area contributed by atoms with Crippen LogP contribution in [-0.2, 0) is 28.9 Å². The Morgan fingerprint density at radius 1 is 1.18 bits per heavy atom. The second kappa shape index (κ2) is 8.05. The van der Waals surface area contributed by atoms with Crippen molar-refractivity contribution in [3.63, 3.8) is 0 Å². The van der Waals surface area contributed by atoms with Gasteiger partial charge in [0.15, 0.2) is 0 Å². The van der Waals surface area contributed by atoms with Gasteiger partial charge in [-0.15, -0.1) is 0 Å². The van der Waals surface area contributed by atoms with Crippen molar-refractivity contribution in [1.29, 1.82) is 0 Å². The Bertz CT molecular complexity index is 893. The topological polar surface area (TPSA) is 58.6 Å². The number of benzene rings is 2. The van der Waals surface area contributed by atoms with Crippen LogP contribution < -0.4 is 15.0 Å². The number of carbonyl (C=O) groups is 2. The van der Waals surface area contributed by atoms with Gasteiger partial charge in [0, 0.05) is 25.2 Å². The molecule has 1 fully saturated rings. The molecule has 0 radical (unpaired) electrons. The number of hydrogen-bond donors (Lipinski definition) is 1. The highest BCUT2D eigenvalue weighted by atomic mass is 16.5. The lowest BCUT2D eigenvalue weighted by molar-refractivity contribution is -0.126. The minimum atomic E-state index is -0.293. The molecule has 4 rings (SSSR count). The van der Waals surface area contributed by atoms with Gasteiger partial charge in [-0.1, -0.05) is 24.3 Å². The molecule has 1 saturated heterocycles. The van der Waals surface area contributed by atoms with Crippen LogP contribution in [0.1, 0.15) is 29.5 Å². The van der Waals surface area contributed by atoms with Crippen molar-refractivity contribution in [1.82, 2.24) is 5.32 Å². The van der Waals surface area contributed by atoms with Crippen LogP contribution in [0, 0.1) is 5.92 Å². The van der Waals surface area contributed by atoms with E-state index in [-0.39, 0.29) is 24.2 Å². The van der Waals surface area contributed by atoms with Crippen molar-refractivity contribution in [2.24, 2.45) is 5.92 Å². The third-order valence-electron chi connectivity index (χ3n) is 5.78. The number of hydrogen-bond acceptors (Lipinski definition) is 3. The number of methoxy groups -OCH3 is 1. The van der Waals surface area contributed by atoms with Gasteiger partial charge in [-0.2, -0.15) is 0 Å². The first-order valence-corrected chi connectivity index (χ1v) is 9.97. The molecule has 2 aliphatic rings. The summed E-state index contributed by atoms with van der Waals surface area (Å²) >= 11 is 0. The predicted molar refractivity (Wildman–Crippen MR) is 109 cm³/mol. The van der Waals surface area contributed by atoms with Gasteiger partial charge in [0.25, 0.3) is 0 Å². The Balaban J connectivity index is 1.34. The van der Waals surface area contributed by atoms with Gasteiger partial charge in [0.1, 0.15) is 5.75 Å². The first kappa shape index (κ1) is 18.5. The Labute approximate surface area is 165 Å². The molecule has 0 saturated carbocycles. The van der Waals surface area contributed by atoms with Crippen molar-refractivity contribution in [2.45, 2.75) is 32.1 Å². The smallest absolute Gasteiger partial charge is 0.227 e. The number of aryl methyl sites for hydroxylation is 2. The number of para-hydroxylation sites is 1. The summed E-state index contributed by atoms with van der Waals surface area (Å²) in [5.74, 6) is 0.517. The minimum absolute atomic E-state index is 0.0304. The summed E-state index contributed by atoms with van der Waals surface area (Å²) in [5, 5.41) is 2.99. The van der Waals surface area contributed by atoms with Crippen LogP contribution >= 0.6 is 0 Å². The molecule has 0 spiro atoms. The summed E-state index contributed by atoms with van der Waals surface area (Å²) < 4.78 is 5.35. The van der Waals surface area contributed by atoms with Gasteiger partial charge >= 0.3 is 0 Å². The highest BCUT2D eigenvalue weighted by Gasteiger charge is 2.35. The number of carbonyl (C=O) groups excluding carboxylic acids is 2. The van der Waals surface area contributed by atoms with Crippen LogP contribution in [-0.4, -0.2) is 32.0 Å². The molecule has 1 heterocycles. The van der Waals surface area contributed by atoms with Crippen molar-refractivity contribution < 1.29 is 14.3 Å². The van der Waals surface area contributed by atoms with Gasteiger partial charge < -0.3 is 15.0 Å². The van der Waals surface area contributed by atoms with Crippen LogP contribution in [0.4, 0.5) is 5.69 Å². The number of nitrogens with one attached hydrogen (secondary N) is 1. The lowest BCUT2D eigenvalue weighted by Crippen LogP contribution is -2.34. The summed E-state index contributed by atoms with van der Waals surface area (Å²) in [6.45, 7) is 0.987. The van der Waals surface area contributed by atoms with Crippen molar-refractivity contribution in [3.8, 4) is 5.75 Å². The maximum absolute atomic E-state index is 12.6. The maximum atomic E-state index is 12.6. The average Bonchev–Trinajstić information content (AvgIpc) is 3.34. The quantitative estimate of drug-likeness (QED) is 0.841. The van der Waals surface area contributed by atoms with Gasteiger partial charge in [-0.3, -0.25) is 9.59 Å². The fourth-order valence-electron chi connectivity index (χ4n) is 4.23. The molecule has 1 unspecified atom stereocenters. The molecule has 28 heavy (non-hydrogen) atoms. The zero-order valence-electron chi connectivity index (χ0n) is 16.2. The molecule has 1 atom stereocenters. The van der Waals surface area contributed by atoms with Crippen LogP contribution in [0.15, 0.2) is 42.5 Å². The molecule has 2 aromatic carbocycles. The lowest BCUT2D eigenvalue weighted by Gasteiger charge is -2.18. The first-order valence-electron chi connectivity index (χ1n) is 9.97. The number of fused-ring (bicyclic) bond motifs is 1. The van der Waals surface area contributed by atoms with E-state index in [0.717, 1.165) is 29.8 Å². The van der Waals surface area contributed by atoms with E-state index in [2.05, 4.69) is 17.4 Å². The average molecular weight is 378 g/mol. The van der Waals surface area contributed by atoms with E-state index >= 15 is 0 Å². The van der Waals surface area contributed by atoms with Crippen LogP contribution in [0.5, 0.6) is 5.75 Å². The van der Waals surface area contributed by atoms with Gasteiger partial charge in [0.2, 0.25) is 11.8 Å². The molecule has 1 aliphatic heterocycles. The number of rotatable bonds is 6. The number of nitrogens with zero attached hydrogens (tertiary/aromatic N) is 1. The Kier molecular flexibility index (Phi) is 5.33. The van der Waals surface area contributed by atoms with Gasteiger partial charge in [0.05, 0.1) is 13.0 Å². The van der Waals surface area contributed by atoms with E-state index in [1.54, 1.807) is 12.0 Å². The van der Waals surface area contributed by atoms with Crippen LogP contribution in [0.25, 0.3) is 0 Å². The number of ether oxygens (including phenoxy) is 1. The molecule has 5 heteroatoms. The monoisotopic (exact) mass is 378 g/mol. The number of anilines is 1. The summed E-state index contributed by atoms with van der Waals surface area (Å²) in [6.07, 6.45) is 4.37. The van der Waals surface area contributed by atoms with Crippen LogP contribution in [0.2, 0.25) is 0 Å². The summed E-state index contributed by atoms with van der Waals surface area (Å²) in [4.78, 5) is 26.8. The molecule has 1 aliphatic carbocycles. The maximum Gasteiger partial charge on any atom is 0.227 e. The Morgan fingerprint density at radius 3 is 2.86 bits per heavy atom. The Morgan fingerprint density at radius 2 is 2.00 bits per heavy atom. The Hall–Kier alpha value is -2.82. The molecule has 2 aromatic rings. The highest BCUT2D eigenvalue weighted by Crippen LogP contribution is 2.30. The molecule has 1 N–H and O–H groups in total. The minimum Gasteiger partial charge on any atom is -0.496 e. The second-order valence-corrected chi connectivity index (χ2v) is 7.56. The molecule has 0 bridgehead atoms. The predicted octanol–water partition coefficient (Wildman–Crippen LogP) is 2.90. The fourth-order valence-corrected chi connectivity index (χ4v) is 4.23. The fraction of sp³-hybridized carbons (Fsp3) is 0.391. The van der Waals surface area contributed by atoms with Crippen molar-refractivity contribution in [2.75, 3.05) is 25.1 Å². The third-order valence-corrected chi connectivity index (χ3v) is 5.78. The standard InChI is InChI=1S/C23H26N2O3/c1-28-21-8-3-2-5-17(21)11-12-24-23(27)19-14-22(26)25(15-19)20-10-9-16-6-4-7-18(16)13-20/h2-3,5,8-10,13,19H,4,6-7,11-12,14-15H2,1H3,(H,24,27). The highest BCUT2D eigenvalue weighted by molar-refractivity contribution is 6.00. The van der Waals surface area contributed by atoms with E-state index in [1.807, 2.05) is 30.3 Å². The van der Waals surface area contributed by atoms with Crippen LogP contribution in [0.3, 0.4) is 0 Å². The zero-order valence-corrected chi connectivity index (χ0v) is 16.2. The van der Waals surface area contributed by atoms with Crippen molar-refractivity contribution >= 4 is 17.5 Å². The summed E-state index contributed by atoms with van der Waals surface area (Å²) in [6, 6.07) is 14.1. The zero-order chi connectivity index (χ0) is 19.5. The second-order valence-electron chi connectivity index (χ2n) is 7.56. The van der Waals surface area contributed by atoms with Crippen molar-refractivity contribution in [3.05, 3.63) is 59.2 Å². The molecule has 146 valence electrons. The summed E-state index contributed by atoms with van der Waals surface area (Å²) in [5.41, 5.74) is 4.72. The molecule has 2 amide bonds. The first-order chi connectivity index (χ1) is 13.7. The van der Waals surface area contributed by atoms with Gasteiger partial charge in [-0.25, -0.2) is 0 Å². The molecule has 5 nitrogen and oxygen atoms in total. The lowest BCUT2D eigenvalue weighted by atomic mass is 10.1. The molecular formula is C23H26N2O3. The third kappa shape index (κ3) is 3.75. The van der Waals surface area contributed by atoms with Gasteiger partial charge in [-0.05, 0) is 60.6 Å². The SMILES string of the molecule is COc1ccccc1CCNC(=O)C1CC(=O)N(c2ccc3c(c2)CCC3)C1. The van der Waals surface area contributed by atoms with E-state index < -0.39 is 0 Å². The van der Waals surface area contributed by atoms with E-state index in [0.29, 0.717) is 19.5 Å². The van der Waals surface area contributed by atoms with E-state index in [1.165, 1.54) is 17.5 Å². The van der Waals surface area contributed by atoms with E-state index in [9.17, 15) is 9.59 Å². The normalized spacial score (nSPS) is 18.2. The van der Waals surface area contributed by atoms with E-state index in [4.69, 9.17) is 4.74 Å². The largest absolute Gasteiger partial charge is 0.496 e. The number of amides is 2.